The Morgan fingerprint density at radius 2 is 2.06 bits per heavy atom. The van der Waals surface area contributed by atoms with E-state index in [1.165, 1.54) is 16.8 Å². The van der Waals surface area contributed by atoms with Gasteiger partial charge in [0, 0.05) is 31.9 Å². The highest BCUT2D eigenvalue weighted by atomic mass is 16.5. The number of rotatable bonds is 4. The first-order valence-electron chi connectivity index (χ1n) is 6.48. The first-order chi connectivity index (χ1) is 8.70. The van der Waals surface area contributed by atoms with Crippen molar-refractivity contribution in [2.75, 3.05) is 31.7 Å². The molecule has 0 radical (unpaired) electrons. The van der Waals surface area contributed by atoms with E-state index in [9.17, 15) is 0 Å². The molecular formula is C15H22N2O. The van der Waals surface area contributed by atoms with Gasteiger partial charge in [-0.2, -0.15) is 0 Å². The number of nitrogens with two attached hydrogens (primary N) is 1. The van der Waals surface area contributed by atoms with Gasteiger partial charge < -0.3 is 15.4 Å². The van der Waals surface area contributed by atoms with Crippen molar-refractivity contribution < 1.29 is 4.74 Å². The molecule has 1 heterocycles. The highest BCUT2D eigenvalue weighted by Crippen LogP contribution is 2.21. The summed E-state index contributed by atoms with van der Waals surface area (Å²) < 4.78 is 5.16. The molecule has 18 heavy (non-hydrogen) atoms. The van der Waals surface area contributed by atoms with E-state index < -0.39 is 0 Å². The summed E-state index contributed by atoms with van der Waals surface area (Å²) in [4.78, 5) is 2.38. The molecule has 2 N–H and O–H groups in total. The minimum absolute atomic E-state index is 0.105. The van der Waals surface area contributed by atoms with Gasteiger partial charge in [0.1, 0.15) is 0 Å². The molecule has 1 unspecified atom stereocenters. The Hall–Kier alpha value is -1.32. The van der Waals surface area contributed by atoms with Crippen molar-refractivity contribution in [1.29, 1.82) is 0 Å². The molecule has 0 spiro atoms. The van der Waals surface area contributed by atoms with E-state index in [-0.39, 0.29) is 6.04 Å². The predicted octanol–water partition coefficient (Wildman–Crippen LogP) is 2.49. The third-order valence-electron chi connectivity index (χ3n) is 3.42. The summed E-state index contributed by atoms with van der Waals surface area (Å²) in [7, 11) is 1.75. The third-order valence-corrected chi connectivity index (χ3v) is 3.42. The summed E-state index contributed by atoms with van der Waals surface area (Å²) in [6.07, 6.45) is 3.36. The lowest BCUT2D eigenvalue weighted by atomic mass is 10.1. The number of nitrogens with zero attached hydrogens (tertiary/aromatic N) is 1. The van der Waals surface area contributed by atoms with Crippen molar-refractivity contribution >= 4 is 5.69 Å². The molecular weight excluding hydrogens is 224 g/mol. The second kappa shape index (κ2) is 6.03. The lowest BCUT2D eigenvalue weighted by Gasteiger charge is -2.28. The fourth-order valence-electron chi connectivity index (χ4n) is 2.25. The van der Waals surface area contributed by atoms with Gasteiger partial charge in [0.05, 0.1) is 6.61 Å². The maximum absolute atomic E-state index is 5.86. The normalized spacial score (nSPS) is 17.5. The first kappa shape index (κ1) is 13.1. The van der Waals surface area contributed by atoms with Crippen LogP contribution in [0.5, 0.6) is 0 Å². The van der Waals surface area contributed by atoms with Gasteiger partial charge in [-0.05, 0) is 36.6 Å². The number of ether oxygens (including phenoxy) is 1. The van der Waals surface area contributed by atoms with Crippen LogP contribution in [0.15, 0.2) is 35.9 Å². The van der Waals surface area contributed by atoms with Crippen molar-refractivity contribution in [3.05, 3.63) is 41.5 Å². The Labute approximate surface area is 109 Å². The zero-order valence-electron chi connectivity index (χ0n) is 11.2. The summed E-state index contributed by atoms with van der Waals surface area (Å²) in [5.41, 5.74) is 9.72. The Kier molecular flexibility index (Phi) is 4.39. The van der Waals surface area contributed by atoms with E-state index in [0.717, 1.165) is 26.1 Å². The Morgan fingerprint density at radius 3 is 2.56 bits per heavy atom. The van der Waals surface area contributed by atoms with Gasteiger partial charge in [0.25, 0.3) is 0 Å². The van der Waals surface area contributed by atoms with Crippen molar-refractivity contribution in [3.63, 3.8) is 0 Å². The molecule has 1 aliphatic rings. The molecule has 0 saturated heterocycles. The van der Waals surface area contributed by atoms with E-state index >= 15 is 0 Å². The van der Waals surface area contributed by atoms with E-state index in [2.05, 4.69) is 35.2 Å². The predicted molar refractivity (Wildman–Crippen MR) is 75.8 cm³/mol. The van der Waals surface area contributed by atoms with Crippen LogP contribution in [0.4, 0.5) is 5.69 Å². The van der Waals surface area contributed by atoms with Crippen LogP contribution >= 0.6 is 0 Å². The lowest BCUT2D eigenvalue weighted by molar-refractivity contribution is 0.222. The van der Waals surface area contributed by atoms with Gasteiger partial charge in [-0.15, -0.1) is 0 Å². The summed E-state index contributed by atoms with van der Waals surface area (Å²) in [5.74, 6) is 0. The maximum atomic E-state index is 5.86. The topological polar surface area (TPSA) is 38.5 Å². The average Bonchev–Trinajstić information content (AvgIpc) is 2.40. The van der Waals surface area contributed by atoms with Crippen LogP contribution in [0.25, 0.3) is 0 Å². The van der Waals surface area contributed by atoms with Crippen LogP contribution < -0.4 is 10.6 Å². The molecule has 0 fully saturated rings. The van der Waals surface area contributed by atoms with Crippen LogP contribution in [0, 0.1) is 0 Å². The molecule has 1 aliphatic heterocycles. The average molecular weight is 246 g/mol. The first-order valence-corrected chi connectivity index (χ1v) is 6.48. The van der Waals surface area contributed by atoms with Crippen LogP contribution in [0.3, 0.4) is 0 Å². The lowest BCUT2D eigenvalue weighted by Crippen LogP contribution is -2.29. The number of benzene rings is 1. The summed E-state index contributed by atoms with van der Waals surface area (Å²) >= 11 is 0. The van der Waals surface area contributed by atoms with Crippen LogP contribution in [0.1, 0.15) is 24.9 Å². The molecule has 0 aromatic heterocycles. The van der Waals surface area contributed by atoms with Gasteiger partial charge in [-0.1, -0.05) is 18.2 Å². The second-order valence-electron chi connectivity index (χ2n) is 4.87. The van der Waals surface area contributed by atoms with Gasteiger partial charge in [-0.25, -0.2) is 0 Å². The number of hydrogen-bond acceptors (Lipinski definition) is 3. The van der Waals surface area contributed by atoms with Crippen LogP contribution in [-0.4, -0.2) is 26.8 Å². The summed E-state index contributed by atoms with van der Waals surface area (Å²) in [5, 5.41) is 0. The third kappa shape index (κ3) is 3.12. The zero-order chi connectivity index (χ0) is 13.0. The molecule has 2 rings (SSSR count). The highest BCUT2D eigenvalue weighted by molar-refractivity contribution is 5.49. The zero-order valence-corrected chi connectivity index (χ0v) is 11.2. The quantitative estimate of drug-likeness (QED) is 0.830. The fourth-order valence-corrected chi connectivity index (χ4v) is 2.25. The molecule has 3 nitrogen and oxygen atoms in total. The largest absolute Gasteiger partial charge is 0.380 e. The van der Waals surface area contributed by atoms with Crippen molar-refractivity contribution in [2.24, 2.45) is 5.73 Å². The van der Waals surface area contributed by atoms with E-state index in [0.29, 0.717) is 0 Å². The highest BCUT2D eigenvalue weighted by Gasteiger charge is 2.12. The minimum Gasteiger partial charge on any atom is -0.380 e. The van der Waals surface area contributed by atoms with Crippen molar-refractivity contribution in [2.45, 2.75) is 19.4 Å². The van der Waals surface area contributed by atoms with E-state index in [4.69, 9.17) is 10.5 Å². The molecule has 0 saturated carbocycles. The second-order valence-corrected chi connectivity index (χ2v) is 4.87. The smallest absolute Gasteiger partial charge is 0.0674 e. The van der Waals surface area contributed by atoms with Gasteiger partial charge in [0.2, 0.25) is 0 Å². The molecule has 3 heteroatoms. The Bertz CT molecular complexity index is 409. The molecule has 0 bridgehead atoms. The molecule has 98 valence electrons. The van der Waals surface area contributed by atoms with Crippen LogP contribution in [-0.2, 0) is 4.74 Å². The summed E-state index contributed by atoms with van der Waals surface area (Å²) in [6, 6.07) is 8.67. The van der Waals surface area contributed by atoms with Gasteiger partial charge in [-0.3, -0.25) is 0 Å². The van der Waals surface area contributed by atoms with Gasteiger partial charge >= 0.3 is 0 Å². The Morgan fingerprint density at radius 1 is 1.33 bits per heavy atom. The fraction of sp³-hybridized carbons (Fsp3) is 0.467. The monoisotopic (exact) mass is 246 g/mol. The van der Waals surface area contributed by atoms with Crippen molar-refractivity contribution in [1.82, 2.24) is 0 Å². The standard InChI is InChI=1S/C15H22N2O/c1-12(16)14-3-5-15(6-4-14)17-9-7-13(8-10-17)11-18-2/h3-7,12H,8-11,16H2,1-2H3. The van der Waals surface area contributed by atoms with E-state index in [1.807, 2.05) is 6.92 Å². The summed E-state index contributed by atoms with van der Waals surface area (Å²) in [6.45, 7) is 4.80. The Balaban J connectivity index is 2.01. The van der Waals surface area contributed by atoms with Crippen molar-refractivity contribution in [3.8, 4) is 0 Å². The SMILES string of the molecule is COCC1=CCN(c2ccc(C(C)N)cc2)CC1. The van der Waals surface area contributed by atoms with Crippen LogP contribution in [0.2, 0.25) is 0 Å². The minimum atomic E-state index is 0.105. The molecule has 1 aromatic rings. The van der Waals surface area contributed by atoms with E-state index in [1.54, 1.807) is 7.11 Å². The molecule has 0 aliphatic carbocycles. The molecule has 1 aromatic carbocycles. The number of methoxy groups -OCH3 is 1. The molecule has 0 amide bonds. The number of anilines is 1. The van der Waals surface area contributed by atoms with Gasteiger partial charge in [0.15, 0.2) is 0 Å². The maximum Gasteiger partial charge on any atom is 0.0674 e. The molecule has 1 atom stereocenters. The number of hydrogen-bond donors (Lipinski definition) is 1.